The third-order valence-electron chi connectivity index (χ3n) is 5.43. The van der Waals surface area contributed by atoms with Crippen LogP contribution in [-0.4, -0.2) is 24.0 Å². The summed E-state index contributed by atoms with van der Waals surface area (Å²) >= 11 is 0. The molecule has 2 heterocycles. The van der Waals surface area contributed by atoms with E-state index in [-0.39, 0.29) is 23.0 Å². The van der Waals surface area contributed by atoms with Crippen molar-refractivity contribution in [1.29, 1.82) is 0 Å². The van der Waals surface area contributed by atoms with Gasteiger partial charge in [-0.1, -0.05) is 6.07 Å². The molecule has 1 aliphatic heterocycles. The molecule has 1 aromatic carbocycles. The summed E-state index contributed by atoms with van der Waals surface area (Å²) in [5.41, 5.74) is 0.927. The van der Waals surface area contributed by atoms with Gasteiger partial charge in [-0.15, -0.1) is 0 Å². The molecule has 1 atom stereocenters. The molecule has 26 heavy (non-hydrogen) atoms. The van der Waals surface area contributed by atoms with Crippen LogP contribution in [0.1, 0.15) is 24.8 Å². The lowest BCUT2D eigenvalue weighted by Crippen LogP contribution is -2.33. The van der Waals surface area contributed by atoms with Crippen molar-refractivity contribution in [2.24, 2.45) is 11.3 Å². The Morgan fingerprint density at radius 1 is 1.35 bits per heavy atom. The number of hydrogen-bond acceptors (Lipinski definition) is 4. The quantitative estimate of drug-likeness (QED) is 0.865. The van der Waals surface area contributed by atoms with Gasteiger partial charge in [0.25, 0.3) is 0 Å². The smallest absolute Gasteiger partial charge is 0.223 e. The molecule has 0 radical (unpaired) electrons. The Kier molecular flexibility index (Phi) is 4.59. The second-order valence-corrected chi connectivity index (χ2v) is 7.14. The first-order valence-electron chi connectivity index (χ1n) is 9.01. The number of aromatic nitrogens is 1. The van der Waals surface area contributed by atoms with Crippen LogP contribution in [0.2, 0.25) is 0 Å². The second-order valence-electron chi connectivity index (χ2n) is 7.14. The molecule has 0 bridgehead atoms. The molecule has 2 aliphatic rings. The monoisotopic (exact) mass is 355 g/mol. The topological polar surface area (TPSA) is 63.2 Å². The van der Waals surface area contributed by atoms with Crippen LogP contribution in [-0.2, 0) is 11.3 Å². The predicted octanol–water partition coefficient (Wildman–Crippen LogP) is 3.02. The van der Waals surface area contributed by atoms with E-state index in [4.69, 9.17) is 4.74 Å². The lowest BCUT2D eigenvalue weighted by Gasteiger charge is -2.23. The molecule has 2 aromatic rings. The highest BCUT2D eigenvalue weighted by atomic mass is 19.1. The first-order valence-corrected chi connectivity index (χ1v) is 9.01. The highest BCUT2D eigenvalue weighted by Crippen LogP contribution is 2.58. The fourth-order valence-electron chi connectivity index (χ4n) is 3.78. The average Bonchev–Trinajstić information content (AvgIpc) is 3.36. The van der Waals surface area contributed by atoms with Gasteiger partial charge in [0.15, 0.2) is 11.6 Å². The van der Waals surface area contributed by atoms with E-state index < -0.39 is 5.82 Å². The zero-order valence-electron chi connectivity index (χ0n) is 14.5. The van der Waals surface area contributed by atoms with Gasteiger partial charge in [0.05, 0.1) is 6.20 Å². The maximum atomic E-state index is 14.3. The van der Waals surface area contributed by atoms with E-state index in [1.165, 1.54) is 12.3 Å². The summed E-state index contributed by atoms with van der Waals surface area (Å²) < 4.78 is 19.7. The first kappa shape index (κ1) is 17.0. The zero-order chi connectivity index (χ0) is 18.0. The molecular weight excluding hydrogens is 333 g/mol. The van der Waals surface area contributed by atoms with Gasteiger partial charge in [-0.25, -0.2) is 4.39 Å². The van der Waals surface area contributed by atoms with Crippen molar-refractivity contribution in [3.05, 3.63) is 54.1 Å². The standard InChI is InChI=1S/C20H22FN3O2/c21-17-10-14(3-4-18(17)26-15-2-1-7-23-13-15)12-24-19(25)16-11-20(16)5-8-22-9-6-20/h1-4,7,10,13,16,22H,5-6,8-9,11-12H2,(H,24,25). The predicted molar refractivity (Wildman–Crippen MR) is 95.2 cm³/mol. The van der Waals surface area contributed by atoms with Crippen molar-refractivity contribution in [3.63, 3.8) is 0 Å². The van der Waals surface area contributed by atoms with E-state index in [9.17, 15) is 9.18 Å². The maximum Gasteiger partial charge on any atom is 0.223 e. The van der Waals surface area contributed by atoms with Gasteiger partial charge in [0.1, 0.15) is 5.75 Å². The zero-order valence-corrected chi connectivity index (χ0v) is 14.5. The maximum absolute atomic E-state index is 14.3. The van der Waals surface area contributed by atoms with Gasteiger partial charge < -0.3 is 15.4 Å². The normalized spacial score (nSPS) is 20.6. The van der Waals surface area contributed by atoms with Crippen molar-refractivity contribution in [1.82, 2.24) is 15.6 Å². The summed E-state index contributed by atoms with van der Waals surface area (Å²) in [4.78, 5) is 16.3. The van der Waals surface area contributed by atoms with Crippen LogP contribution >= 0.6 is 0 Å². The number of amides is 1. The molecule has 1 aromatic heterocycles. The molecule has 5 nitrogen and oxygen atoms in total. The molecular formula is C20H22FN3O2. The van der Waals surface area contributed by atoms with Crippen LogP contribution in [0.25, 0.3) is 0 Å². The molecule has 2 fully saturated rings. The molecule has 136 valence electrons. The van der Waals surface area contributed by atoms with Crippen molar-refractivity contribution in [2.75, 3.05) is 13.1 Å². The molecule has 1 saturated heterocycles. The van der Waals surface area contributed by atoms with E-state index >= 15 is 0 Å². The van der Waals surface area contributed by atoms with Crippen LogP contribution < -0.4 is 15.4 Å². The minimum atomic E-state index is -0.457. The minimum Gasteiger partial charge on any atom is -0.453 e. The van der Waals surface area contributed by atoms with Gasteiger partial charge in [0.2, 0.25) is 5.91 Å². The fourth-order valence-corrected chi connectivity index (χ4v) is 3.78. The Labute approximate surface area is 152 Å². The third kappa shape index (κ3) is 3.55. The van der Waals surface area contributed by atoms with Crippen molar-refractivity contribution < 1.29 is 13.9 Å². The summed E-state index contributed by atoms with van der Waals surface area (Å²) in [6, 6.07) is 8.19. The van der Waals surface area contributed by atoms with E-state index in [1.807, 2.05) is 0 Å². The van der Waals surface area contributed by atoms with Gasteiger partial charge in [-0.2, -0.15) is 0 Å². The van der Waals surface area contributed by atoms with E-state index in [1.54, 1.807) is 30.5 Å². The SMILES string of the molecule is O=C(NCc1ccc(Oc2cccnc2)c(F)c1)C1CC12CCNCC2. The van der Waals surface area contributed by atoms with Crippen LogP contribution in [0.3, 0.4) is 0 Å². The average molecular weight is 355 g/mol. The summed E-state index contributed by atoms with van der Waals surface area (Å²) in [5, 5.41) is 6.29. The molecule has 6 heteroatoms. The van der Waals surface area contributed by atoms with Gasteiger partial charge in [0, 0.05) is 18.7 Å². The summed E-state index contributed by atoms with van der Waals surface area (Å²) in [6.07, 6.45) is 6.27. The summed E-state index contributed by atoms with van der Waals surface area (Å²) in [5.74, 6) is 0.366. The number of hydrogen-bond donors (Lipinski definition) is 2. The molecule has 1 unspecified atom stereocenters. The number of piperidine rings is 1. The number of carbonyl (C=O) groups excluding carboxylic acids is 1. The van der Waals surface area contributed by atoms with Gasteiger partial charge in [-0.05, 0) is 67.6 Å². The van der Waals surface area contributed by atoms with Crippen molar-refractivity contribution in [3.8, 4) is 11.5 Å². The van der Waals surface area contributed by atoms with Crippen LogP contribution in [0, 0.1) is 17.2 Å². The molecule has 1 saturated carbocycles. The van der Waals surface area contributed by atoms with Gasteiger partial charge >= 0.3 is 0 Å². The Balaban J connectivity index is 1.33. The molecule has 1 amide bonds. The van der Waals surface area contributed by atoms with E-state index in [0.29, 0.717) is 12.3 Å². The highest BCUT2D eigenvalue weighted by molar-refractivity contribution is 5.82. The number of benzene rings is 1. The van der Waals surface area contributed by atoms with Crippen LogP contribution in [0.5, 0.6) is 11.5 Å². The fraction of sp³-hybridized carbons (Fsp3) is 0.400. The number of ether oxygens (including phenoxy) is 1. The number of pyridine rings is 1. The lowest BCUT2D eigenvalue weighted by molar-refractivity contribution is -0.123. The molecule has 1 aliphatic carbocycles. The minimum absolute atomic E-state index is 0.0861. The Bertz CT molecular complexity index is 791. The number of halogens is 1. The Morgan fingerprint density at radius 3 is 2.92 bits per heavy atom. The highest BCUT2D eigenvalue weighted by Gasteiger charge is 2.57. The number of nitrogens with zero attached hydrogens (tertiary/aromatic N) is 1. The number of nitrogens with one attached hydrogen (secondary N) is 2. The largest absolute Gasteiger partial charge is 0.453 e. The number of rotatable bonds is 5. The molecule has 2 N–H and O–H groups in total. The van der Waals surface area contributed by atoms with Crippen molar-refractivity contribution in [2.45, 2.75) is 25.8 Å². The molecule has 1 spiro atoms. The Morgan fingerprint density at radius 2 is 2.19 bits per heavy atom. The summed E-state index contributed by atoms with van der Waals surface area (Å²) in [6.45, 7) is 2.31. The first-order chi connectivity index (χ1) is 12.7. The third-order valence-corrected chi connectivity index (χ3v) is 5.43. The Hall–Kier alpha value is -2.47. The summed E-state index contributed by atoms with van der Waals surface area (Å²) in [7, 11) is 0. The lowest BCUT2D eigenvalue weighted by atomic mass is 9.92. The van der Waals surface area contributed by atoms with Crippen LogP contribution in [0.15, 0.2) is 42.7 Å². The number of carbonyl (C=O) groups is 1. The van der Waals surface area contributed by atoms with E-state index in [2.05, 4.69) is 15.6 Å². The van der Waals surface area contributed by atoms with Gasteiger partial charge in [-0.3, -0.25) is 9.78 Å². The van der Waals surface area contributed by atoms with E-state index in [0.717, 1.165) is 37.9 Å². The van der Waals surface area contributed by atoms with Crippen LogP contribution in [0.4, 0.5) is 4.39 Å². The second kappa shape index (κ2) is 7.03. The van der Waals surface area contributed by atoms with Crippen molar-refractivity contribution >= 4 is 5.91 Å². The molecule has 4 rings (SSSR count).